The first kappa shape index (κ1) is 13.6. The zero-order valence-electron chi connectivity index (χ0n) is 12.1. The summed E-state index contributed by atoms with van der Waals surface area (Å²) in [6.45, 7) is 2.08. The van der Waals surface area contributed by atoms with Crippen LogP contribution in [-0.2, 0) is 6.42 Å². The van der Waals surface area contributed by atoms with E-state index in [1.165, 1.54) is 15.1 Å². The van der Waals surface area contributed by atoms with Gasteiger partial charge in [0.1, 0.15) is 10.0 Å². The second kappa shape index (κ2) is 5.63. The van der Waals surface area contributed by atoms with E-state index in [-0.39, 0.29) is 0 Å². The van der Waals surface area contributed by atoms with Gasteiger partial charge in [-0.3, -0.25) is 0 Å². The van der Waals surface area contributed by atoms with Gasteiger partial charge >= 0.3 is 0 Å². The van der Waals surface area contributed by atoms with E-state index in [0.717, 1.165) is 27.6 Å². The number of aromatic nitrogens is 2. The highest BCUT2D eigenvalue weighted by Crippen LogP contribution is 2.32. The van der Waals surface area contributed by atoms with Gasteiger partial charge < -0.3 is 0 Å². The van der Waals surface area contributed by atoms with Crippen molar-refractivity contribution >= 4 is 32.9 Å². The van der Waals surface area contributed by atoms with Crippen LogP contribution >= 0.6 is 22.7 Å². The van der Waals surface area contributed by atoms with Gasteiger partial charge in [0, 0.05) is 0 Å². The van der Waals surface area contributed by atoms with Crippen LogP contribution < -0.4 is 0 Å². The maximum atomic E-state index is 4.74. The predicted octanol–water partition coefficient (Wildman–Crippen LogP) is 5.32. The predicted molar refractivity (Wildman–Crippen MR) is 94.7 cm³/mol. The van der Waals surface area contributed by atoms with Crippen LogP contribution in [0.1, 0.15) is 15.7 Å². The van der Waals surface area contributed by atoms with Crippen LogP contribution in [0.2, 0.25) is 0 Å². The van der Waals surface area contributed by atoms with Crippen LogP contribution in [-0.4, -0.2) is 9.97 Å². The molecular formula is C18H14N2S2. The first-order chi connectivity index (χ1) is 10.8. The van der Waals surface area contributed by atoms with Gasteiger partial charge in [0.05, 0.1) is 27.2 Å². The van der Waals surface area contributed by atoms with Crippen LogP contribution in [0, 0.1) is 6.92 Å². The Morgan fingerprint density at radius 3 is 2.36 bits per heavy atom. The number of fused-ring (bicyclic) bond motifs is 1. The minimum Gasteiger partial charge on any atom is -0.245 e. The summed E-state index contributed by atoms with van der Waals surface area (Å²) in [6, 6.07) is 18.8. The fourth-order valence-electron chi connectivity index (χ4n) is 2.51. The summed E-state index contributed by atoms with van der Waals surface area (Å²) < 4.78 is 1.24. The lowest BCUT2D eigenvalue weighted by Gasteiger charge is -1.96. The lowest BCUT2D eigenvalue weighted by Crippen LogP contribution is -1.85. The normalized spacial score (nSPS) is 11.1. The Bertz CT molecular complexity index is 890. The molecule has 22 heavy (non-hydrogen) atoms. The molecule has 0 radical (unpaired) electrons. The lowest BCUT2D eigenvalue weighted by molar-refractivity contribution is 1.09. The average Bonchev–Trinajstić information content (AvgIpc) is 3.11. The third-order valence-electron chi connectivity index (χ3n) is 3.52. The molecule has 0 spiro atoms. The van der Waals surface area contributed by atoms with Crippen molar-refractivity contribution in [2.24, 2.45) is 0 Å². The summed E-state index contributed by atoms with van der Waals surface area (Å²) in [4.78, 5) is 10.7. The Balaban J connectivity index is 1.66. The number of para-hydroxylation sites is 1. The maximum absolute atomic E-state index is 4.74. The molecule has 0 N–H and O–H groups in total. The minimum atomic E-state index is 0.817. The first-order valence-electron chi connectivity index (χ1n) is 7.16. The van der Waals surface area contributed by atoms with Crippen molar-refractivity contribution in [3.05, 3.63) is 70.3 Å². The summed E-state index contributed by atoms with van der Waals surface area (Å²) in [7, 11) is 0. The highest BCUT2D eigenvalue weighted by Gasteiger charge is 2.12. The standard InChI is InChI=1S/C18H14N2S2/c1-12-18(13-7-3-2-4-8-13)22-16(19-12)11-17-20-14-9-5-6-10-15(14)21-17/h2-10H,11H2,1H3. The van der Waals surface area contributed by atoms with Crippen LogP contribution in [0.5, 0.6) is 0 Å². The van der Waals surface area contributed by atoms with Gasteiger partial charge in [-0.05, 0) is 24.6 Å². The molecule has 4 heteroatoms. The molecule has 108 valence electrons. The molecule has 0 bridgehead atoms. The molecular weight excluding hydrogens is 308 g/mol. The monoisotopic (exact) mass is 322 g/mol. The number of hydrogen-bond donors (Lipinski definition) is 0. The molecule has 4 rings (SSSR count). The summed E-state index contributed by atoms with van der Waals surface area (Å²) in [5, 5.41) is 2.27. The van der Waals surface area contributed by atoms with Gasteiger partial charge in [-0.25, -0.2) is 9.97 Å². The van der Waals surface area contributed by atoms with Gasteiger partial charge in [-0.2, -0.15) is 0 Å². The van der Waals surface area contributed by atoms with Gasteiger partial charge in [0.15, 0.2) is 0 Å². The SMILES string of the molecule is Cc1nc(Cc2nc3ccccc3s2)sc1-c1ccccc1. The third-order valence-corrected chi connectivity index (χ3v) is 5.76. The Morgan fingerprint density at radius 1 is 0.818 bits per heavy atom. The highest BCUT2D eigenvalue weighted by molar-refractivity contribution is 7.19. The Hall–Kier alpha value is -2.04. The Morgan fingerprint density at radius 2 is 1.55 bits per heavy atom. The first-order valence-corrected chi connectivity index (χ1v) is 8.79. The molecule has 2 heterocycles. The quantitative estimate of drug-likeness (QED) is 0.510. The van der Waals surface area contributed by atoms with Crippen molar-refractivity contribution in [1.29, 1.82) is 0 Å². The number of hydrogen-bond acceptors (Lipinski definition) is 4. The van der Waals surface area contributed by atoms with E-state index in [0.29, 0.717) is 0 Å². The van der Waals surface area contributed by atoms with Gasteiger partial charge in [0.2, 0.25) is 0 Å². The number of aryl methyl sites for hydroxylation is 1. The van der Waals surface area contributed by atoms with E-state index in [2.05, 4.69) is 49.4 Å². The molecule has 4 aromatic rings. The topological polar surface area (TPSA) is 25.8 Å². The molecule has 0 aliphatic heterocycles. The van der Waals surface area contributed by atoms with Gasteiger partial charge in [0.25, 0.3) is 0 Å². The number of benzene rings is 2. The fraction of sp³-hybridized carbons (Fsp3) is 0.111. The molecule has 2 aromatic heterocycles. The molecule has 0 aliphatic rings. The van der Waals surface area contributed by atoms with E-state index in [1.54, 1.807) is 22.7 Å². The van der Waals surface area contributed by atoms with Crippen molar-refractivity contribution in [1.82, 2.24) is 9.97 Å². The number of thiazole rings is 2. The van der Waals surface area contributed by atoms with Crippen LogP contribution in [0.3, 0.4) is 0 Å². The summed E-state index contributed by atoms with van der Waals surface area (Å²) >= 11 is 3.53. The molecule has 0 atom stereocenters. The molecule has 0 saturated carbocycles. The van der Waals surface area contributed by atoms with Crippen molar-refractivity contribution in [3.63, 3.8) is 0 Å². The average molecular weight is 322 g/mol. The maximum Gasteiger partial charge on any atom is 0.101 e. The minimum absolute atomic E-state index is 0.817. The van der Waals surface area contributed by atoms with E-state index in [9.17, 15) is 0 Å². The molecule has 2 aromatic carbocycles. The van der Waals surface area contributed by atoms with E-state index in [1.807, 2.05) is 12.1 Å². The van der Waals surface area contributed by atoms with Crippen LogP contribution in [0.25, 0.3) is 20.7 Å². The fourth-order valence-corrected chi connectivity index (χ4v) is 4.65. The third kappa shape index (κ3) is 2.56. The van der Waals surface area contributed by atoms with Crippen molar-refractivity contribution < 1.29 is 0 Å². The molecule has 2 nitrogen and oxygen atoms in total. The van der Waals surface area contributed by atoms with Crippen molar-refractivity contribution in [3.8, 4) is 10.4 Å². The van der Waals surface area contributed by atoms with E-state index in [4.69, 9.17) is 9.97 Å². The lowest BCUT2D eigenvalue weighted by atomic mass is 10.2. The molecule has 0 fully saturated rings. The molecule has 0 aliphatic carbocycles. The van der Waals surface area contributed by atoms with Crippen molar-refractivity contribution in [2.45, 2.75) is 13.3 Å². The Labute approximate surface area is 137 Å². The zero-order chi connectivity index (χ0) is 14.9. The molecule has 0 unspecified atom stereocenters. The largest absolute Gasteiger partial charge is 0.245 e. The van der Waals surface area contributed by atoms with Gasteiger partial charge in [-0.1, -0.05) is 42.5 Å². The van der Waals surface area contributed by atoms with Gasteiger partial charge in [-0.15, -0.1) is 22.7 Å². The van der Waals surface area contributed by atoms with Crippen LogP contribution in [0.4, 0.5) is 0 Å². The summed E-state index contributed by atoms with van der Waals surface area (Å²) in [5.74, 6) is 0. The van der Waals surface area contributed by atoms with Crippen LogP contribution in [0.15, 0.2) is 54.6 Å². The summed E-state index contributed by atoms with van der Waals surface area (Å²) in [6.07, 6.45) is 0.817. The van der Waals surface area contributed by atoms with E-state index < -0.39 is 0 Å². The second-order valence-corrected chi connectivity index (χ2v) is 7.34. The smallest absolute Gasteiger partial charge is 0.101 e. The second-order valence-electron chi connectivity index (χ2n) is 5.14. The summed E-state index contributed by atoms with van der Waals surface area (Å²) in [5.41, 5.74) is 3.43. The number of rotatable bonds is 3. The molecule has 0 saturated heterocycles. The Kier molecular flexibility index (Phi) is 3.48. The molecule has 0 amide bonds. The van der Waals surface area contributed by atoms with Crippen molar-refractivity contribution in [2.75, 3.05) is 0 Å². The number of nitrogens with zero attached hydrogens (tertiary/aromatic N) is 2. The van der Waals surface area contributed by atoms with E-state index >= 15 is 0 Å². The zero-order valence-corrected chi connectivity index (χ0v) is 13.7. The highest BCUT2D eigenvalue weighted by atomic mass is 32.1.